The van der Waals surface area contributed by atoms with Crippen LogP contribution < -0.4 is 0 Å². The first-order chi connectivity index (χ1) is 14.3. The number of pyridine rings is 1. The van der Waals surface area contributed by atoms with Gasteiger partial charge in [0.1, 0.15) is 11.8 Å². The predicted molar refractivity (Wildman–Crippen MR) is 111 cm³/mol. The van der Waals surface area contributed by atoms with Crippen molar-refractivity contribution in [1.82, 2.24) is 24.3 Å². The Morgan fingerprint density at radius 3 is 2.59 bits per heavy atom. The third kappa shape index (κ3) is 3.91. The van der Waals surface area contributed by atoms with E-state index in [1.165, 1.54) is 5.56 Å². The molecule has 7 nitrogen and oxygen atoms in total. The summed E-state index contributed by atoms with van der Waals surface area (Å²) in [6.07, 6.45) is 1.47. The third-order valence-corrected chi connectivity index (χ3v) is 5.79. The molecule has 1 aromatic carbocycles. The maximum atomic E-state index is 5.61. The van der Waals surface area contributed by atoms with E-state index >= 15 is 0 Å². The summed E-state index contributed by atoms with van der Waals surface area (Å²) in [6.45, 7) is 10.1. The minimum Gasteiger partial charge on any atom is -0.345 e. The van der Waals surface area contributed by atoms with Crippen LogP contribution in [-0.2, 0) is 16.0 Å². The van der Waals surface area contributed by atoms with Gasteiger partial charge in [-0.15, -0.1) is 0 Å². The van der Waals surface area contributed by atoms with Gasteiger partial charge in [0.25, 0.3) is 0 Å². The van der Waals surface area contributed by atoms with E-state index in [9.17, 15) is 0 Å². The number of ether oxygens (including phenoxy) is 2. The van der Waals surface area contributed by atoms with E-state index < -0.39 is 0 Å². The van der Waals surface area contributed by atoms with E-state index in [1.807, 2.05) is 23.0 Å². The Kier molecular flexibility index (Phi) is 5.28. The number of imidazole rings is 1. The zero-order chi connectivity index (χ0) is 19.6. The average Bonchev–Trinajstić information content (AvgIpc) is 3.44. The predicted octanol–water partition coefficient (Wildman–Crippen LogP) is 2.60. The van der Waals surface area contributed by atoms with Gasteiger partial charge in [-0.05, 0) is 36.4 Å². The van der Waals surface area contributed by atoms with Gasteiger partial charge in [0.2, 0.25) is 6.29 Å². The monoisotopic (exact) mass is 393 g/mol. The first-order valence-corrected chi connectivity index (χ1v) is 10.4. The van der Waals surface area contributed by atoms with Crippen molar-refractivity contribution < 1.29 is 9.47 Å². The lowest BCUT2D eigenvalue weighted by Crippen LogP contribution is -2.45. The number of hydrogen-bond acceptors (Lipinski definition) is 6. The first-order valence-electron chi connectivity index (χ1n) is 10.4. The Labute approximate surface area is 170 Å². The van der Waals surface area contributed by atoms with Gasteiger partial charge in [0.05, 0.1) is 18.9 Å². The zero-order valence-electron chi connectivity index (χ0n) is 16.8. The summed E-state index contributed by atoms with van der Waals surface area (Å²) in [5, 5.41) is 0. The molecule has 5 rings (SSSR count). The van der Waals surface area contributed by atoms with Crippen LogP contribution in [0.4, 0.5) is 0 Å². The third-order valence-electron chi connectivity index (χ3n) is 5.79. The van der Waals surface area contributed by atoms with Crippen molar-refractivity contribution in [2.45, 2.75) is 19.8 Å². The van der Waals surface area contributed by atoms with Gasteiger partial charge in [-0.2, -0.15) is 0 Å². The van der Waals surface area contributed by atoms with E-state index in [4.69, 9.17) is 14.5 Å². The molecule has 2 fully saturated rings. The van der Waals surface area contributed by atoms with Gasteiger partial charge in [0, 0.05) is 38.4 Å². The molecular formula is C22H27N5O2. The molecule has 0 saturated carbocycles. The molecule has 2 aromatic heterocycles. The Morgan fingerprint density at radius 2 is 1.79 bits per heavy atom. The molecule has 0 aliphatic carbocycles. The standard InChI is InChI=1S/C22H27N5O2/c1-2-25-8-10-26(11-9-25)15-17-4-3-5-18(14-17)27-16-23-19-6-7-20(24-21(19)27)22-28-12-13-29-22/h3-7,14,16,22H,2,8-13,15H2,1H3. The molecule has 2 aliphatic heterocycles. The highest BCUT2D eigenvalue weighted by Gasteiger charge is 2.21. The molecule has 0 unspecified atom stereocenters. The van der Waals surface area contributed by atoms with Crippen LogP contribution in [0.5, 0.6) is 0 Å². The van der Waals surface area contributed by atoms with Gasteiger partial charge >= 0.3 is 0 Å². The second-order valence-electron chi connectivity index (χ2n) is 7.65. The number of likely N-dealkylation sites (N-methyl/N-ethyl adjacent to an activating group) is 1. The van der Waals surface area contributed by atoms with E-state index in [2.05, 4.69) is 46.0 Å². The Bertz CT molecular complexity index is 974. The van der Waals surface area contributed by atoms with E-state index in [0.29, 0.717) is 13.2 Å². The van der Waals surface area contributed by atoms with Crippen molar-refractivity contribution in [2.75, 3.05) is 45.9 Å². The van der Waals surface area contributed by atoms with Gasteiger partial charge < -0.3 is 14.4 Å². The molecule has 7 heteroatoms. The summed E-state index contributed by atoms with van der Waals surface area (Å²) in [4.78, 5) is 14.4. The van der Waals surface area contributed by atoms with Crippen molar-refractivity contribution >= 4 is 11.2 Å². The maximum Gasteiger partial charge on any atom is 0.201 e. The fourth-order valence-corrected chi connectivity index (χ4v) is 4.08. The molecule has 0 bridgehead atoms. The molecule has 0 atom stereocenters. The SMILES string of the molecule is CCN1CCN(Cc2cccc(-n3cnc4ccc(C5OCCO5)nc43)c2)CC1. The summed E-state index contributed by atoms with van der Waals surface area (Å²) >= 11 is 0. The Morgan fingerprint density at radius 1 is 1.00 bits per heavy atom. The molecule has 4 heterocycles. The number of piperazine rings is 1. The summed E-state index contributed by atoms with van der Waals surface area (Å²) < 4.78 is 13.3. The van der Waals surface area contributed by atoms with Crippen LogP contribution in [0.2, 0.25) is 0 Å². The Hall–Kier alpha value is -2.32. The molecular weight excluding hydrogens is 366 g/mol. The van der Waals surface area contributed by atoms with Crippen molar-refractivity contribution in [2.24, 2.45) is 0 Å². The highest BCUT2D eigenvalue weighted by molar-refractivity contribution is 5.73. The lowest BCUT2D eigenvalue weighted by Gasteiger charge is -2.34. The molecule has 2 aliphatic rings. The van der Waals surface area contributed by atoms with Gasteiger partial charge in [-0.3, -0.25) is 9.47 Å². The second-order valence-corrected chi connectivity index (χ2v) is 7.65. The molecule has 0 amide bonds. The minimum atomic E-state index is -0.379. The first kappa shape index (κ1) is 18.7. The molecule has 152 valence electrons. The van der Waals surface area contributed by atoms with Crippen LogP contribution in [0.25, 0.3) is 16.9 Å². The van der Waals surface area contributed by atoms with E-state index in [0.717, 1.165) is 61.8 Å². The van der Waals surface area contributed by atoms with Crippen molar-refractivity contribution in [3.63, 3.8) is 0 Å². The van der Waals surface area contributed by atoms with Crippen LogP contribution in [-0.4, -0.2) is 70.3 Å². The second kappa shape index (κ2) is 8.20. The highest BCUT2D eigenvalue weighted by Crippen LogP contribution is 2.25. The normalized spacial score (nSPS) is 19.3. The number of rotatable bonds is 5. The fourth-order valence-electron chi connectivity index (χ4n) is 4.08. The Balaban J connectivity index is 1.38. The van der Waals surface area contributed by atoms with Gasteiger partial charge in [-0.1, -0.05) is 19.1 Å². The highest BCUT2D eigenvalue weighted by atomic mass is 16.7. The quantitative estimate of drug-likeness (QED) is 0.664. The zero-order valence-corrected chi connectivity index (χ0v) is 16.8. The van der Waals surface area contributed by atoms with E-state index in [-0.39, 0.29) is 6.29 Å². The smallest absolute Gasteiger partial charge is 0.201 e. The van der Waals surface area contributed by atoms with Crippen LogP contribution in [0.15, 0.2) is 42.7 Å². The number of benzene rings is 1. The van der Waals surface area contributed by atoms with Gasteiger partial charge in [-0.25, -0.2) is 9.97 Å². The van der Waals surface area contributed by atoms with E-state index in [1.54, 1.807) is 0 Å². The van der Waals surface area contributed by atoms with Gasteiger partial charge in [0.15, 0.2) is 5.65 Å². The fraction of sp³-hybridized carbons (Fsp3) is 0.455. The van der Waals surface area contributed by atoms with Crippen LogP contribution in [0.1, 0.15) is 24.5 Å². The number of nitrogens with zero attached hydrogens (tertiary/aromatic N) is 5. The van der Waals surface area contributed by atoms with Crippen LogP contribution in [0.3, 0.4) is 0 Å². The van der Waals surface area contributed by atoms with Crippen LogP contribution in [0, 0.1) is 0 Å². The molecule has 0 radical (unpaired) electrons. The molecule has 29 heavy (non-hydrogen) atoms. The van der Waals surface area contributed by atoms with Crippen molar-refractivity contribution in [3.05, 3.63) is 54.0 Å². The number of hydrogen-bond donors (Lipinski definition) is 0. The molecule has 0 N–H and O–H groups in total. The maximum absolute atomic E-state index is 5.61. The topological polar surface area (TPSA) is 55.7 Å². The summed E-state index contributed by atoms with van der Waals surface area (Å²) in [5.74, 6) is 0. The molecule has 2 saturated heterocycles. The summed E-state index contributed by atoms with van der Waals surface area (Å²) in [7, 11) is 0. The van der Waals surface area contributed by atoms with Crippen molar-refractivity contribution in [3.8, 4) is 5.69 Å². The lowest BCUT2D eigenvalue weighted by molar-refractivity contribution is -0.0471. The van der Waals surface area contributed by atoms with Crippen molar-refractivity contribution in [1.29, 1.82) is 0 Å². The molecule has 3 aromatic rings. The lowest BCUT2D eigenvalue weighted by atomic mass is 10.1. The number of aromatic nitrogens is 3. The minimum absolute atomic E-state index is 0.379. The number of fused-ring (bicyclic) bond motifs is 1. The largest absolute Gasteiger partial charge is 0.345 e. The average molecular weight is 393 g/mol. The summed E-state index contributed by atoms with van der Waals surface area (Å²) in [6, 6.07) is 12.6. The van der Waals surface area contributed by atoms with Crippen LogP contribution >= 0.6 is 0 Å². The molecule has 0 spiro atoms. The summed E-state index contributed by atoms with van der Waals surface area (Å²) in [5.41, 5.74) is 4.88.